The van der Waals surface area contributed by atoms with Crippen molar-refractivity contribution in [3.63, 3.8) is 0 Å². The number of hydrogen-bond acceptors (Lipinski definition) is 4. The smallest absolute Gasteiger partial charge is 0.322 e. The average molecular weight is 372 g/mol. The van der Waals surface area contributed by atoms with Gasteiger partial charge < -0.3 is 20.3 Å². The van der Waals surface area contributed by atoms with Crippen LogP contribution in [0.4, 0.5) is 14.9 Å². The maximum absolute atomic E-state index is 13.0. The van der Waals surface area contributed by atoms with Crippen molar-refractivity contribution < 1.29 is 18.7 Å². The molecule has 1 saturated heterocycles. The molecule has 3 amide bonds. The maximum atomic E-state index is 13.0. The third kappa shape index (κ3) is 4.72. The minimum Gasteiger partial charge on any atom is -0.437 e. The molecule has 3 rings (SSSR count). The number of likely N-dealkylation sites (tertiary alicyclic amines) is 1. The van der Waals surface area contributed by atoms with E-state index in [2.05, 4.69) is 15.6 Å². The second-order valence-corrected chi connectivity index (χ2v) is 6.24. The van der Waals surface area contributed by atoms with Gasteiger partial charge in [-0.1, -0.05) is 0 Å². The van der Waals surface area contributed by atoms with Crippen LogP contribution in [0.3, 0.4) is 0 Å². The van der Waals surface area contributed by atoms with E-state index in [0.29, 0.717) is 24.5 Å². The quantitative estimate of drug-likeness (QED) is 0.864. The monoisotopic (exact) mass is 372 g/mol. The van der Waals surface area contributed by atoms with Crippen LogP contribution in [0.2, 0.25) is 0 Å². The Morgan fingerprint density at radius 3 is 2.78 bits per heavy atom. The van der Waals surface area contributed by atoms with Crippen molar-refractivity contribution in [3.8, 4) is 11.6 Å². The highest BCUT2D eigenvalue weighted by Gasteiger charge is 2.28. The second kappa shape index (κ2) is 8.48. The molecular weight excluding hydrogens is 351 g/mol. The zero-order chi connectivity index (χ0) is 19.2. The molecule has 1 atom stereocenters. The Morgan fingerprint density at radius 2 is 2.04 bits per heavy atom. The summed E-state index contributed by atoms with van der Waals surface area (Å²) < 4.78 is 18.7. The molecule has 0 radical (unpaired) electrons. The zero-order valence-corrected chi connectivity index (χ0v) is 14.9. The number of rotatable bonds is 4. The molecule has 2 aromatic rings. The lowest BCUT2D eigenvalue weighted by atomic mass is 9.97. The Hall–Kier alpha value is -3.16. The van der Waals surface area contributed by atoms with Gasteiger partial charge in [0, 0.05) is 26.3 Å². The Bertz CT molecular complexity index is 813. The number of hydrogen-bond donors (Lipinski definition) is 2. The van der Waals surface area contributed by atoms with Crippen molar-refractivity contribution in [2.75, 3.05) is 25.5 Å². The number of nitrogens with one attached hydrogen (secondary N) is 2. The van der Waals surface area contributed by atoms with Crippen LogP contribution in [-0.4, -0.2) is 42.0 Å². The van der Waals surface area contributed by atoms with Crippen molar-refractivity contribution in [1.82, 2.24) is 15.2 Å². The normalized spacial score (nSPS) is 16.5. The fraction of sp³-hybridized carbons (Fsp3) is 0.316. The number of urea groups is 1. The molecule has 1 aromatic carbocycles. The molecule has 0 spiro atoms. The predicted molar refractivity (Wildman–Crippen MR) is 98.1 cm³/mol. The lowest BCUT2D eigenvalue weighted by Crippen LogP contribution is -2.46. The number of piperidine rings is 1. The molecule has 0 unspecified atom stereocenters. The Morgan fingerprint density at radius 1 is 1.26 bits per heavy atom. The number of pyridine rings is 1. The minimum absolute atomic E-state index is 0.0609. The summed E-state index contributed by atoms with van der Waals surface area (Å²) in [6.45, 7) is 0.938. The van der Waals surface area contributed by atoms with Gasteiger partial charge in [-0.25, -0.2) is 14.2 Å². The van der Waals surface area contributed by atoms with Gasteiger partial charge in [-0.3, -0.25) is 4.79 Å². The van der Waals surface area contributed by atoms with Gasteiger partial charge >= 0.3 is 6.03 Å². The second-order valence-electron chi connectivity index (χ2n) is 6.24. The standard InChI is InChI=1S/C19H21FN4O3/c1-21-17(25)13-4-3-11-24(12-13)19(26)23-16-5-2-10-22-18(16)27-15-8-6-14(20)7-9-15/h2,5-10,13H,3-4,11-12H2,1H3,(H,21,25)(H,23,26)/t13-/m1/s1. The van der Waals surface area contributed by atoms with E-state index in [-0.39, 0.29) is 29.6 Å². The van der Waals surface area contributed by atoms with E-state index in [4.69, 9.17) is 4.74 Å². The molecule has 1 aliphatic rings. The summed E-state index contributed by atoms with van der Waals surface area (Å²) >= 11 is 0. The number of benzene rings is 1. The number of amides is 3. The van der Waals surface area contributed by atoms with E-state index >= 15 is 0 Å². The Labute approximate surface area is 156 Å². The topological polar surface area (TPSA) is 83.6 Å². The first-order chi connectivity index (χ1) is 13.1. The lowest BCUT2D eigenvalue weighted by molar-refractivity contribution is -0.125. The Balaban J connectivity index is 1.69. The lowest BCUT2D eigenvalue weighted by Gasteiger charge is -2.31. The highest BCUT2D eigenvalue weighted by molar-refractivity contribution is 5.91. The van der Waals surface area contributed by atoms with Gasteiger partial charge in [-0.15, -0.1) is 0 Å². The van der Waals surface area contributed by atoms with Crippen molar-refractivity contribution >= 4 is 17.6 Å². The van der Waals surface area contributed by atoms with Crippen LogP contribution in [-0.2, 0) is 4.79 Å². The summed E-state index contributed by atoms with van der Waals surface area (Å²) in [6.07, 6.45) is 3.06. The van der Waals surface area contributed by atoms with Crippen molar-refractivity contribution in [1.29, 1.82) is 0 Å². The molecule has 2 N–H and O–H groups in total. The fourth-order valence-corrected chi connectivity index (χ4v) is 2.96. The van der Waals surface area contributed by atoms with E-state index in [1.165, 1.54) is 30.5 Å². The number of ether oxygens (including phenoxy) is 1. The van der Waals surface area contributed by atoms with Gasteiger partial charge in [0.2, 0.25) is 11.8 Å². The highest BCUT2D eigenvalue weighted by Crippen LogP contribution is 2.27. The molecule has 1 fully saturated rings. The van der Waals surface area contributed by atoms with Crippen LogP contribution in [0.5, 0.6) is 11.6 Å². The number of anilines is 1. The predicted octanol–water partition coefficient (Wildman–Crippen LogP) is 3.00. The van der Waals surface area contributed by atoms with E-state index in [1.54, 1.807) is 24.1 Å². The molecule has 1 aliphatic heterocycles. The third-order valence-electron chi connectivity index (χ3n) is 4.37. The average Bonchev–Trinajstić information content (AvgIpc) is 2.70. The van der Waals surface area contributed by atoms with Crippen LogP contribution in [0.25, 0.3) is 0 Å². The number of halogens is 1. The van der Waals surface area contributed by atoms with E-state index < -0.39 is 0 Å². The highest BCUT2D eigenvalue weighted by atomic mass is 19.1. The summed E-state index contributed by atoms with van der Waals surface area (Å²) in [7, 11) is 1.59. The molecular formula is C19H21FN4O3. The first kappa shape index (κ1) is 18.6. The minimum atomic E-state index is -0.368. The molecule has 142 valence electrons. The summed E-state index contributed by atoms with van der Waals surface area (Å²) in [5.74, 6) is -0.0271. The Kier molecular flexibility index (Phi) is 5.85. The third-order valence-corrected chi connectivity index (χ3v) is 4.37. The van der Waals surface area contributed by atoms with E-state index in [0.717, 1.165) is 12.8 Å². The molecule has 7 nitrogen and oxygen atoms in total. The number of nitrogens with zero attached hydrogens (tertiary/aromatic N) is 2. The van der Waals surface area contributed by atoms with E-state index in [9.17, 15) is 14.0 Å². The van der Waals surface area contributed by atoms with E-state index in [1.807, 2.05) is 0 Å². The molecule has 27 heavy (non-hydrogen) atoms. The van der Waals surface area contributed by atoms with Gasteiger partial charge in [0.25, 0.3) is 0 Å². The van der Waals surface area contributed by atoms with Gasteiger partial charge in [0.1, 0.15) is 17.3 Å². The molecule has 2 heterocycles. The molecule has 0 saturated carbocycles. The summed E-state index contributed by atoms with van der Waals surface area (Å²) in [4.78, 5) is 30.2. The number of aromatic nitrogens is 1. The zero-order valence-electron chi connectivity index (χ0n) is 14.9. The van der Waals surface area contributed by atoms with Gasteiger partial charge in [0.15, 0.2) is 0 Å². The molecule has 8 heteroatoms. The SMILES string of the molecule is CNC(=O)[C@@H]1CCCN(C(=O)Nc2cccnc2Oc2ccc(F)cc2)C1. The maximum Gasteiger partial charge on any atom is 0.322 e. The van der Waals surface area contributed by atoms with Crippen molar-refractivity contribution in [2.24, 2.45) is 5.92 Å². The first-order valence-electron chi connectivity index (χ1n) is 8.73. The largest absolute Gasteiger partial charge is 0.437 e. The van der Waals surface area contributed by atoms with Gasteiger partial charge in [-0.05, 0) is 49.2 Å². The molecule has 0 aliphatic carbocycles. The number of carbonyl (C=O) groups is 2. The van der Waals surface area contributed by atoms with Gasteiger partial charge in [-0.2, -0.15) is 0 Å². The van der Waals surface area contributed by atoms with Crippen LogP contribution >= 0.6 is 0 Å². The van der Waals surface area contributed by atoms with Gasteiger partial charge in [0.05, 0.1) is 5.92 Å². The molecule has 1 aromatic heterocycles. The summed E-state index contributed by atoms with van der Waals surface area (Å²) in [6, 6.07) is 8.55. The van der Waals surface area contributed by atoms with Crippen molar-refractivity contribution in [3.05, 3.63) is 48.4 Å². The van der Waals surface area contributed by atoms with Crippen molar-refractivity contribution in [2.45, 2.75) is 12.8 Å². The van der Waals surface area contributed by atoms with Crippen LogP contribution in [0.15, 0.2) is 42.6 Å². The summed E-state index contributed by atoms with van der Waals surface area (Å²) in [5, 5.41) is 5.41. The van der Waals surface area contributed by atoms with Crippen LogP contribution in [0, 0.1) is 11.7 Å². The first-order valence-corrected chi connectivity index (χ1v) is 8.73. The fourth-order valence-electron chi connectivity index (χ4n) is 2.96. The number of carbonyl (C=O) groups excluding carboxylic acids is 2. The van der Waals surface area contributed by atoms with Crippen LogP contribution < -0.4 is 15.4 Å². The molecule has 0 bridgehead atoms. The summed E-state index contributed by atoms with van der Waals surface area (Å²) in [5.41, 5.74) is 0.397. The van der Waals surface area contributed by atoms with Crippen LogP contribution in [0.1, 0.15) is 12.8 Å².